The Morgan fingerprint density at radius 3 is 2.57 bits per heavy atom. The van der Waals surface area contributed by atoms with E-state index in [1.165, 1.54) is 12.1 Å². The fourth-order valence-electron chi connectivity index (χ4n) is 2.08. The van der Waals surface area contributed by atoms with Crippen molar-refractivity contribution in [2.45, 2.75) is 18.9 Å². The van der Waals surface area contributed by atoms with Gasteiger partial charge in [0.1, 0.15) is 0 Å². The smallest absolute Gasteiger partial charge is 0.337 e. The average Bonchev–Trinajstić information content (AvgIpc) is 2.43. The van der Waals surface area contributed by atoms with Crippen LogP contribution in [-0.2, 0) is 10.8 Å². The van der Waals surface area contributed by atoms with Gasteiger partial charge in [-0.2, -0.15) is 0 Å². The first-order valence-electron chi connectivity index (χ1n) is 6.41. The Hall–Kier alpha value is -1.41. The molecule has 1 heterocycles. The number of halogens is 1. The number of carboxylic acids is 1. The van der Waals surface area contributed by atoms with Gasteiger partial charge in [-0.25, -0.2) is 9.59 Å². The van der Waals surface area contributed by atoms with Gasteiger partial charge >= 0.3 is 12.0 Å². The monoisotopic (exact) mass is 374 g/mol. The predicted molar refractivity (Wildman–Crippen MR) is 84.2 cm³/mol. The van der Waals surface area contributed by atoms with E-state index in [4.69, 9.17) is 5.11 Å². The molecule has 1 fully saturated rings. The molecule has 0 aliphatic carbocycles. The minimum atomic E-state index is -1.11. The SMILES string of the molecule is O=C(Nc1ccc(Br)cc1C(=O)O)NC1CCS(=O)CC1. The number of carbonyl (C=O) groups excluding carboxylic acids is 1. The number of carbonyl (C=O) groups is 2. The maximum Gasteiger partial charge on any atom is 0.337 e. The lowest BCUT2D eigenvalue weighted by molar-refractivity contribution is 0.0698. The van der Waals surface area contributed by atoms with Crippen molar-refractivity contribution in [3.8, 4) is 0 Å². The molecule has 1 aromatic carbocycles. The molecular weight excluding hydrogens is 360 g/mol. The number of nitrogens with one attached hydrogen (secondary N) is 2. The summed E-state index contributed by atoms with van der Waals surface area (Å²) in [5.41, 5.74) is 0.256. The van der Waals surface area contributed by atoms with E-state index in [0.717, 1.165) is 0 Å². The summed E-state index contributed by atoms with van der Waals surface area (Å²) in [7, 11) is -0.781. The molecule has 0 atom stereocenters. The van der Waals surface area contributed by atoms with Crippen LogP contribution in [-0.4, -0.2) is 38.9 Å². The van der Waals surface area contributed by atoms with Crippen LogP contribution in [0.5, 0.6) is 0 Å². The summed E-state index contributed by atoms with van der Waals surface area (Å²) in [4.78, 5) is 23.1. The van der Waals surface area contributed by atoms with E-state index in [1.807, 2.05) is 0 Å². The molecule has 2 amide bonds. The second-order valence-corrected chi connectivity index (χ2v) is 7.33. The van der Waals surface area contributed by atoms with Crippen molar-refractivity contribution in [3.05, 3.63) is 28.2 Å². The van der Waals surface area contributed by atoms with Crippen LogP contribution in [0.15, 0.2) is 22.7 Å². The van der Waals surface area contributed by atoms with Crippen molar-refractivity contribution in [2.24, 2.45) is 0 Å². The zero-order valence-electron chi connectivity index (χ0n) is 11.1. The van der Waals surface area contributed by atoms with Gasteiger partial charge in [-0.05, 0) is 31.0 Å². The second-order valence-electron chi connectivity index (χ2n) is 4.72. The Bertz CT molecular complexity index is 584. The fraction of sp³-hybridized carbons (Fsp3) is 0.385. The lowest BCUT2D eigenvalue weighted by Gasteiger charge is -2.22. The summed E-state index contributed by atoms with van der Waals surface area (Å²) in [5.74, 6) is 0.0624. The maximum atomic E-state index is 11.9. The zero-order valence-corrected chi connectivity index (χ0v) is 13.5. The Morgan fingerprint density at radius 1 is 1.29 bits per heavy atom. The van der Waals surface area contributed by atoms with Crippen LogP contribution < -0.4 is 10.6 Å². The highest BCUT2D eigenvalue weighted by Gasteiger charge is 2.20. The highest BCUT2D eigenvalue weighted by Crippen LogP contribution is 2.21. The van der Waals surface area contributed by atoms with Crippen LogP contribution in [0.3, 0.4) is 0 Å². The molecule has 1 aliphatic rings. The Balaban J connectivity index is 1.99. The molecule has 0 bridgehead atoms. The van der Waals surface area contributed by atoms with Gasteiger partial charge in [-0.15, -0.1) is 0 Å². The lowest BCUT2D eigenvalue weighted by atomic mass is 10.1. The summed E-state index contributed by atoms with van der Waals surface area (Å²) in [5, 5.41) is 14.5. The Kier molecular flexibility index (Phi) is 5.35. The van der Waals surface area contributed by atoms with E-state index in [-0.39, 0.29) is 17.3 Å². The van der Waals surface area contributed by atoms with Crippen LogP contribution in [0.4, 0.5) is 10.5 Å². The summed E-state index contributed by atoms with van der Waals surface area (Å²) in [6.07, 6.45) is 1.35. The number of amides is 2. The van der Waals surface area contributed by atoms with Crippen molar-refractivity contribution in [3.63, 3.8) is 0 Å². The van der Waals surface area contributed by atoms with Gasteiger partial charge in [-0.1, -0.05) is 15.9 Å². The summed E-state index contributed by atoms with van der Waals surface area (Å²) in [6, 6.07) is 4.15. The minimum absolute atomic E-state index is 0.0178. The number of rotatable bonds is 3. The second kappa shape index (κ2) is 7.04. The van der Waals surface area contributed by atoms with Gasteiger partial charge in [0, 0.05) is 32.8 Å². The first-order valence-corrected chi connectivity index (χ1v) is 8.69. The van der Waals surface area contributed by atoms with Crippen LogP contribution in [0.2, 0.25) is 0 Å². The van der Waals surface area contributed by atoms with Gasteiger partial charge < -0.3 is 15.7 Å². The number of carboxylic acid groups (broad SMARTS) is 1. The summed E-state index contributed by atoms with van der Waals surface area (Å²) >= 11 is 3.20. The molecule has 1 saturated heterocycles. The third kappa shape index (κ3) is 4.53. The zero-order chi connectivity index (χ0) is 15.4. The number of aromatic carboxylic acids is 1. The Labute approximate surface area is 132 Å². The molecule has 114 valence electrons. The van der Waals surface area contributed by atoms with E-state index >= 15 is 0 Å². The number of hydrogen-bond acceptors (Lipinski definition) is 3. The molecule has 0 unspecified atom stereocenters. The molecule has 0 aromatic heterocycles. The van der Waals surface area contributed by atoms with E-state index in [2.05, 4.69) is 26.6 Å². The first kappa shape index (κ1) is 16.0. The van der Waals surface area contributed by atoms with Crippen LogP contribution in [0, 0.1) is 0 Å². The number of benzene rings is 1. The van der Waals surface area contributed by atoms with Gasteiger partial charge in [-0.3, -0.25) is 4.21 Å². The molecular formula is C13H15BrN2O4S. The predicted octanol–water partition coefficient (Wildman–Crippen LogP) is 2.18. The topological polar surface area (TPSA) is 95.5 Å². The van der Waals surface area contributed by atoms with E-state index in [0.29, 0.717) is 28.8 Å². The van der Waals surface area contributed by atoms with Gasteiger partial charge in [0.15, 0.2) is 0 Å². The first-order chi connectivity index (χ1) is 9.95. The quantitative estimate of drug-likeness (QED) is 0.755. The number of hydrogen-bond donors (Lipinski definition) is 3. The van der Waals surface area contributed by atoms with E-state index < -0.39 is 22.8 Å². The number of anilines is 1. The normalized spacial score (nSPS) is 21.6. The number of urea groups is 1. The van der Waals surface area contributed by atoms with Gasteiger partial charge in [0.05, 0.1) is 11.3 Å². The van der Waals surface area contributed by atoms with Crippen molar-refractivity contribution < 1.29 is 18.9 Å². The third-order valence-corrected chi connectivity index (χ3v) is 5.06. The molecule has 8 heteroatoms. The molecule has 3 N–H and O–H groups in total. The summed E-state index contributed by atoms with van der Waals surface area (Å²) in [6.45, 7) is 0. The standard InChI is InChI=1S/C13H15BrN2O4S/c14-8-1-2-11(10(7-8)12(17)18)16-13(19)15-9-3-5-21(20)6-4-9/h1-2,7,9H,3-6H2,(H,17,18)(H2,15,16,19). The highest BCUT2D eigenvalue weighted by molar-refractivity contribution is 9.10. The van der Waals surface area contributed by atoms with Crippen molar-refractivity contribution in [2.75, 3.05) is 16.8 Å². The minimum Gasteiger partial charge on any atom is -0.478 e. The van der Waals surface area contributed by atoms with E-state index in [9.17, 15) is 13.8 Å². The van der Waals surface area contributed by atoms with Crippen molar-refractivity contribution in [1.82, 2.24) is 5.32 Å². The van der Waals surface area contributed by atoms with Crippen molar-refractivity contribution in [1.29, 1.82) is 0 Å². The highest BCUT2D eigenvalue weighted by atomic mass is 79.9. The average molecular weight is 375 g/mol. The molecule has 2 rings (SSSR count). The van der Waals surface area contributed by atoms with E-state index in [1.54, 1.807) is 6.07 Å². The van der Waals surface area contributed by atoms with Crippen LogP contribution in [0.25, 0.3) is 0 Å². The molecule has 21 heavy (non-hydrogen) atoms. The van der Waals surface area contributed by atoms with Gasteiger partial charge in [0.25, 0.3) is 0 Å². The maximum absolute atomic E-state index is 11.9. The molecule has 6 nitrogen and oxygen atoms in total. The Morgan fingerprint density at radius 2 is 1.95 bits per heavy atom. The third-order valence-electron chi connectivity index (χ3n) is 3.18. The molecule has 0 spiro atoms. The summed E-state index contributed by atoms with van der Waals surface area (Å²) < 4.78 is 11.9. The fourth-order valence-corrected chi connectivity index (χ4v) is 3.74. The van der Waals surface area contributed by atoms with Crippen LogP contribution in [0.1, 0.15) is 23.2 Å². The molecule has 1 aromatic rings. The van der Waals surface area contributed by atoms with Crippen molar-refractivity contribution >= 4 is 44.4 Å². The van der Waals surface area contributed by atoms with Crippen LogP contribution >= 0.6 is 15.9 Å². The molecule has 0 radical (unpaired) electrons. The van der Waals surface area contributed by atoms with Gasteiger partial charge in [0.2, 0.25) is 0 Å². The largest absolute Gasteiger partial charge is 0.478 e. The molecule has 1 aliphatic heterocycles. The lowest BCUT2D eigenvalue weighted by Crippen LogP contribution is -2.41. The molecule has 0 saturated carbocycles.